The summed E-state index contributed by atoms with van der Waals surface area (Å²) in [5.74, 6) is 0.965. The molecule has 0 bridgehead atoms. The summed E-state index contributed by atoms with van der Waals surface area (Å²) < 4.78 is 5.89. The smallest absolute Gasteiger partial charge is 0.137 e. The molecule has 154 valence electrons. The fraction of sp³-hybridized carbons (Fsp3) is 0.333. The van der Waals surface area contributed by atoms with Crippen LogP contribution in [-0.4, -0.2) is 33.3 Å². The van der Waals surface area contributed by atoms with E-state index in [-0.39, 0.29) is 25.2 Å². The summed E-state index contributed by atoms with van der Waals surface area (Å²) in [4.78, 5) is 13.4. The molecule has 8 heteroatoms. The minimum atomic E-state index is -0.318. The topological polar surface area (TPSA) is 71.0 Å². The van der Waals surface area contributed by atoms with Crippen LogP contribution in [0.1, 0.15) is 43.0 Å². The number of aromatic amines is 1. The third kappa shape index (κ3) is 6.20. The first-order chi connectivity index (χ1) is 14.0. The Balaban J connectivity index is 1.91. The molecule has 0 spiro atoms. The Morgan fingerprint density at radius 3 is 2.59 bits per heavy atom. The largest absolute Gasteiger partial charge is 0.394 e. The summed E-state index contributed by atoms with van der Waals surface area (Å²) in [7, 11) is 0. The number of benzene rings is 1. The average Bonchev–Trinajstić information content (AvgIpc) is 3.09. The fourth-order valence-corrected chi connectivity index (χ4v) is 4.66. The molecule has 1 atom stereocenters. The van der Waals surface area contributed by atoms with Crippen LogP contribution >= 0.6 is 35.0 Å². The first-order valence-corrected chi connectivity index (χ1v) is 10.9. The van der Waals surface area contributed by atoms with Gasteiger partial charge in [-0.05, 0) is 35.7 Å². The number of nitrogens with zero attached hydrogens (tertiary/aromatic N) is 2. The second kappa shape index (κ2) is 10.5. The van der Waals surface area contributed by atoms with Crippen molar-refractivity contribution in [1.29, 1.82) is 0 Å². The highest BCUT2D eigenvalue weighted by Gasteiger charge is 2.22. The second-order valence-corrected chi connectivity index (χ2v) is 8.79. The molecule has 0 saturated carbocycles. The van der Waals surface area contributed by atoms with Gasteiger partial charge in [-0.2, -0.15) is 0 Å². The van der Waals surface area contributed by atoms with Crippen LogP contribution in [0, 0.1) is 0 Å². The maximum atomic E-state index is 9.23. The van der Waals surface area contributed by atoms with E-state index in [9.17, 15) is 5.11 Å². The van der Waals surface area contributed by atoms with Gasteiger partial charge in [0.25, 0.3) is 0 Å². The quantitative estimate of drug-likeness (QED) is 0.437. The minimum absolute atomic E-state index is 0.0517. The molecule has 3 aromatic rings. The van der Waals surface area contributed by atoms with Crippen LogP contribution in [0.4, 0.5) is 0 Å². The molecule has 29 heavy (non-hydrogen) atoms. The monoisotopic (exact) mass is 451 g/mol. The maximum absolute atomic E-state index is 9.23. The standard InChI is InChI=1S/C21H23Cl2N3O2S/c1-13(2)19-21(29-17-10-15(22)9-16(23)11-17)26-20(25-19)18(28-7-6-27)8-14-4-3-5-24-12-14/h3-5,9-13,18,27H,6-8H2,1-2H3,(H,25,26). The lowest BCUT2D eigenvalue weighted by atomic mass is 10.1. The number of halogens is 2. The molecule has 0 aliphatic heterocycles. The van der Waals surface area contributed by atoms with Gasteiger partial charge in [-0.1, -0.05) is 54.9 Å². The normalized spacial score (nSPS) is 12.5. The van der Waals surface area contributed by atoms with Crippen molar-refractivity contribution < 1.29 is 9.84 Å². The predicted molar refractivity (Wildman–Crippen MR) is 117 cm³/mol. The van der Waals surface area contributed by atoms with Gasteiger partial charge in [-0.15, -0.1) is 0 Å². The Morgan fingerprint density at radius 2 is 1.97 bits per heavy atom. The van der Waals surface area contributed by atoms with Crippen molar-refractivity contribution in [2.24, 2.45) is 0 Å². The van der Waals surface area contributed by atoms with Gasteiger partial charge in [0.05, 0.1) is 18.9 Å². The molecular weight excluding hydrogens is 429 g/mol. The molecule has 2 aromatic heterocycles. The van der Waals surface area contributed by atoms with Gasteiger partial charge in [0.2, 0.25) is 0 Å². The van der Waals surface area contributed by atoms with Gasteiger partial charge in [-0.25, -0.2) is 4.98 Å². The Hall–Kier alpha value is -1.57. The van der Waals surface area contributed by atoms with Gasteiger partial charge >= 0.3 is 0 Å². The number of rotatable bonds is 9. The molecule has 2 N–H and O–H groups in total. The van der Waals surface area contributed by atoms with E-state index in [1.807, 2.05) is 30.5 Å². The highest BCUT2D eigenvalue weighted by atomic mass is 35.5. The number of aliphatic hydroxyl groups excluding tert-OH is 1. The van der Waals surface area contributed by atoms with Crippen LogP contribution in [-0.2, 0) is 11.2 Å². The van der Waals surface area contributed by atoms with Gasteiger partial charge in [0, 0.05) is 33.8 Å². The van der Waals surface area contributed by atoms with Crippen molar-refractivity contribution in [3.05, 3.63) is 69.9 Å². The van der Waals surface area contributed by atoms with E-state index in [1.54, 1.807) is 12.3 Å². The molecule has 1 aromatic carbocycles. The summed E-state index contributed by atoms with van der Waals surface area (Å²) in [5.41, 5.74) is 2.05. The van der Waals surface area contributed by atoms with Crippen molar-refractivity contribution in [2.75, 3.05) is 13.2 Å². The summed E-state index contributed by atoms with van der Waals surface area (Å²) >= 11 is 13.8. The van der Waals surface area contributed by atoms with Crippen LogP contribution in [0.2, 0.25) is 10.0 Å². The van der Waals surface area contributed by atoms with Gasteiger partial charge in [0.1, 0.15) is 17.0 Å². The zero-order valence-electron chi connectivity index (χ0n) is 16.2. The third-order valence-corrected chi connectivity index (χ3v) is 5.61. The SMILES string of the molecule is CC(C)c1[nH]c(C(Cc2cccnc2)OCCO)nc1Sc1cc(Cl)cc(Cl)c1. The van der Waals surface area contributed by atoms with E-state index in [2.05, 4.69) is 23.8 Å². The third-order valence-electron chi connectivity index (χ3n) is 4.20. The Morgan fingerprint density at radius 1 is 1.21 bits per heavy atom. The van der Waals surface area contributed by atoms with E-state index < -0.39 is 0 Å². The number of pyridine rings is 1. The summed E-state index contributed by atoms with van der Waals surface area (Å²) in [5, 5.41) is 11.3. The number of aromatic nitrogens is 3. The van der Waals surface area contributed by atoms with Crippen LogP contribution in [0.5, 0.6) is 0 Å². The fourth-order valence-electron chi connectivity index (χ4n) is 2.87. The van der Waals surface area contributed by atoms with Gasteiger partial charge in [0.15, 0.2) is 0 Å². The molecule has 3 rings (SSSR count). The number of nitrogens with one attached hydrogen (secondary N) is 1. The molecule has 1 unspecified atom stereocenters. The van der Waals surface area contributed by atoms with Crippen LogP contribution < -0.4 is 0 Å². The van der Waals surface area contributed by atoms with Crippen LogP contribution in [0.25, 0.3) is 0 Å². The summed E-state index contributed by atoms with van der Waals surface area (Å²) in [6, 6.07) is 9.33. The predicted octanol–water partition coefficient (Wildman–Crippen LogP) is 5.68. The first kappa shape index (κ1) is 22.1. The molecule has 0 aliphatic carbocycles. The lowest BCUT2D eigenvalue weighted by Gasteiger charge is -2.15. The first-order valence-electron chi connectivity index (χ1n) is 9.31. The molecule has 0 saturated heterocycles. The summed E-state index contributed by atoms with van der Waals surface area (Å²) in [6.07, 6.45) is 3.83. The Bertz CT molecular complexity index is 915. The second-order valence-electron chi connectivity index (χ2n) is 6.85. The summed E-state index contributed by atoms with van der Waals surface area (Å²) in [6.45, 7) is 4.40. The lowest BCUT2D eigenvalue weighted by molar-refractivity contribution is 0.0233. The number of hydrogen-bond donors (Lipinski definition) is 2. The zero-order chi connectivity index (χ0) is 20.8. The van der Waals surface area contributed by atoms with E-state index in [0.29, 0.717) is 16.5 Å². The molecule has 0 aliphatic rings. The van der Waals surface area contributed by atoms with Gasteiger partial charge in [-0.3, -0.25) is 4.98 Å². The van der Waals surface area contributed by atoms with Crippen LogP contribution in [0.3, 0.4) is 0 Å². The highest BCUT2D eigenvalue weighted by molar-refractivity contribution is 7.99. The van der Waals surface area contributed by atoms with Crippen molar-refractivity contribution in [3.8, 4) is 0 Å². The van der Waals surface area contributed by atoms with Crippen molar-refractivity contribution in [2.45, 2.75) is 42.2 Å². The number of aliphatic hydroxyl groups is 1. The number of hydrogen-bond acceptors (Lipinski definition) is 5. The number of ether oxygens (including phenoxy) is 1. The Labute approximate surface area is 184 Å². The van der Waals surface area contributed by atoms with E-state index in [0.717, 1.165) is 27.0 Å². The Kier molecular flexibility index (Phi) is 7.98. The van der Waals surface area contributed by atoms with E-state index >= 15 is 0 Å². The van der Waals surface area contributed by atoms with Crippen molar-refractivity contribution in [1.82, 2.24) is 15.0 Å². The molecule has 5 nitrogen and oxygen atoms in total. The average molecular weight is 452 g/mol. The van der Waals surface area contributed by atoms with E-state index in [4.69, 9.17) is 32.9 Å². The lowest BCUT2D eigenvalue weighted by Crippen LogP contribution is -2.12. The van der Waals surface area contributed by atoms with Crippen molar-refractivity contribution in [3.63, 3.8) is 0 Å². The van der Waals surface area contributed by atoms with Gasteiger partial charge < -0.3 is 14.8 Å². The van der Waals surface area contributed by atoms with Crippen LogP contribution in [0.15, 0.2) is 52.6 Å². The molecule has 2 heterocycles. The molecular formula is C21H23Cl2N3O2S. The molecule has 0 amide bonds. The molecule has 0 radical (unpaired) electrons. The number of imidazole rings is 1. The highest BCUT2D eigenvalue weighted by Crippen LogP contribution is 2.36. The van der Waals surface area contributed by atoms with E-state index in [1.165, 1.54) is 11.8 Å². The minimum Gasteiger partial charge on any atom is -0.394 e. The number of H-pyrrole nitrogens is 1. The zero-order valence-corrected chi connectivity index (χ0v) is 18.6. The van der Waals surface area contributed by atoms with Crippen molar-refractivity contribution >= 4 is 35.0 Å². The maximum Gasteiger partial charge on any atom is 0.137 e. The molecule has 0 fully saturated rings.